The summed E-state index contributed by atoms with van der Waals surface area (Å²) < 4.78 is 5.72. The van der Waals surface area contributed by atoms with Gasteiger partial charge in [-0.3, -0.25) is 4.79 Å². The van der Waals surface area contributed by atoms with Crippen LogP contribution >= 0.6 is 23.2 Å². The first kappa shape index (κ1) is 21.7. The summed E-state index contributed by atoms with van der Waals surface area (Å²) in [4.78, 5) is 13.0. The predicted octanol–water partition coefficient (Wildman–Crippen LogP) is 4.72. The molecular weight excluding hydrogens is 385 g/mol. The average Bonchev–Trinajstić information content (AvgIpc) is 2.67. The summed E-state index contributed by atoms with van der Waals surface area (Å²) in [6.45, 7) is 5.24. The number of nitrogens with one attached hydrogen (secondary N) is 1. The van der Waals surface area contributed by atoms with Crippen LogP contribution in [0.3, 0.4) is 0 Å². The SMILES string of the molecule is CCCNCC(O)COc1ccccc1C(=O)C(C)c1cc(Cl)ccc1Cl. The Hall–Kier alpha value is -1.59. The normalized spacial score (nSPS) is 13.2. The quantitative estimate of drug-likeness (QED) is 0.440. The van der Waals surface area contributed by atoms with Gasteiger partial charge in [0.15, 0.2) is 5.78 Å². The number of para-hydroxylation sites is 1. The molecule has 0 spiro atoms. The molecule has 27 heavy (non-hydrogen) atoms. The maximum Gasteiger partial charge on any atom is 0.173 e. The van der Waals surface area contributed by atoms with E-state index >= 15 is 0 Å². The van der Waals surface area contributed by atoms with E-state index in [9.17, 15) is 9.90 Å². The molecule has 0 heterocycles. The highest BCUT2D eigenvalue weighted by atomic mass is 35.5. The summed E-state index contributed by atoms with van der Waals surface area (Å²) in [6, 6.07) is 12.1. The van der Waals surface area contributed by atoms with Gasteiger partial charge in [-0.1, -0.05) is 49.2 Å². The number of benzene rings is 2. The molecule has 146 valence electrons. The lowest BCUT2D eigenvalue weighted by Gasteiger charge is -2.18. The molecule has 0 radical (unpaired) electrons. The molecule has 6 heteroatoms. The number of hydrogen-bond acceptors (Lipinski definition) is 4. The molecule has 0 aliphatic carbocycles. The van der Waals surface area contributed by atoms with Gasteiger partial charge in [-0.25, -0.2) is 0 Å². The van der Waals surface area contributed by atoms with E-state index in [4.69, 9.17) is 27.9 Å². The number of Topliss-reactive ketones (excluding diaryl/α,β-unsaturated/α-hetero) is 1. The largest absolute Gasteiger partial charge is 0.490 e. The van der Waals surface area contributed by atoms with Crippen molar-refractivity contribution in [3.05, 3.63) is 63.6 Å². The van der Waals surface area contributed by atoms with E-state index in [1.165, 1.54) is 0 Å². The minimum absolute atomic E-state index is 0.104. The van der Waals surface area contributed by atoms with Crippen LogP contribution in [0.25, 0.3) is 0 Å². The van der Waals surface area contributed by atoms with Crippen LogP contribution in [-0.2, 0) is 0 Å². The van der Waals surface area contributed by atoms with Gasteiger partial charge in [-0.2, -0.15) is 0 Å². The average molecular weight is 410 g/mol. The Morgan fingerprint density at radius 2 is 1.96 bits per heavy atom. The highest BCUT2D eigenvalue weighted by molar-refractivity contribution is 6.34. The number of ether oxygens (including phenoxy) is 1. The Bertz CT molecular complexity index is 767. The highest BCUT2D eigenvalue weighted by Gasteiger charge is 2.23. The molecular formula is C21H25Cl2NO3. The molecule has 2 atom stereocenters. The van der Waals surface area contributed by atoms with Crippen molar-refractivity contribution in [2.45, 2.75) is 32.3 Å². The maximum atomic E-state index is 13.0. The summed E-state index contributed by atoms with van der Waals surface area (Å²) in [7, 11) is 0. The molecule has 0 bridgehead atoms. The topological polar surface area (TPSA) is 58.6 Å². The molecule has 0 saturated carbocycles. The van der Waals surface area contributed by atoms with Crippen LogP contribution in [-0.4, -0.2) is 36.7 Å². The number of carbonyl (C=O) groups is 1. The van der Waals surface area contributed by atoms with Crippen LogP contribution in [0.1, 0.15) is 42.1 Å². The van der Waals surface area contributed by atoms with Gasteiger partial charge in [0.25, 0.3) is 0 Å². The molecule has 2 aromatic rings. The number of aliphatic hydroxyl groups excluding tert-OH is 1. The monoisotopic (exact) mass is 409 g/mol. The number of hydrogen-bond donors (Lipinski definition) is 2. The van der Waals surface area contributed by atoms with Gasteiger partial charge in [0, 0.05) is 22.5 Å². The van der Waals surface area contributed by atoms with Gasteiger partial charge >= 0.3 is 0 Å². The number of halogens is 2. The second-order valence-corrected chi connectivity index (χ2v) is 7.26. The summed E-state index contributed by atoms with van der Waals surface area (Å²) in [5.74, 6) is -0.146. The zero-order chi connectivity index (χ0) is 19.8. The third-order valence-corrected chi connectivity index (χ3v) is 4.79. The fraction of sp³-hybridized carbons (Fsp3) is 0.381. The van der Waals surface area contributed by atoms with Crippen molar-refractivity contribution in [2.75, 3.05) is 19.7 Å². The van der Waals surface area contributed by atoms with Crippen LogP contribution in [0.5, 0.6) is 5.75 Å². The van der Waals surface area contributed by atoms with Crippen molar-refractivity contribution in [3.8, 4) is 5.75 Å². The van der Waals surface area contributed by atoms with Crippen molar-refractivity contribution >= 4 is 29.0 Å². The Morgan fingerprint density at radius 3 is 2.70 bits per heavy atom. The minimum atomic E-state index is -0.653. The van der Waals surface area contributed by atoms with Crippen molar-refractivity contribution in [1.29, 1.82) is 0 Å². The third kappa shape index (κ3) is 6.22. The number of carbonyl (C=O) groups excluding carboxylic acids is 1. The van der Waals surface area contributed by atoms with Crippen LogP contribution in [0.2, 0.25) is 10.0 Å². The Morgan fingerprint density at radius 1 is 1.22 bits per heavy atom. The lowest BCUT2D eigenvalue weighted by atomic mass is 9.92. The lowest BCUT2D eigenvalue weighted by molar-refractivity contribution is 0.0936. The van der Waals surface area contributed by atoms with Gasteiger partial charge in [-0.05, 0) is 48.9 Å². The standard InChI is InChI=1S/C21H25Cl2NO3/c1-3-10-24-12-16(25)13-27-20-7-5-4-6-17(20)21(26)14(2)18-11-15(22)8-9-19(18)23/h4-9,11,14,16,24-25H,3,10,12-13H2,1-2H3. The molecule has 2 N–H and O–H groups in total. The lowest BCUT2D eigenvalue weighted by Crippen LogP contribution is -2.32. The van der Waals surface area contributed by atoms with E-state index in [2.05, 4.69) is 12.2 Å². The number of rotatable bonds is 10. The maximum absolute atomic E-state index is 13.0. The van der Waals surface area contributed by atoms with Crippen LogP contribution < -0.4 is 10.1 Å². The first-order valence-corrected chi connectivity index (χ1v) is 9.79. The summed E-state index contributed by atoms with van der Waals surface area (Å²) in [5, 5.41) is 14.2. The molecule has 2 rings (SSSR count). The zero-order valence-corrected chi connectivity index (χ0v) is 17.1. The van der Waals surface area contributed by atoms with E-state index in [1.54, 1.807) is 49.4 Å². The van der Waals surface area contributed by atoms with Gasteiger partial charge in [0.1, 0.15) is 18.5 Å². The van der Waals surface area contributed by atoms with E-state index in [0.29, 0.717) is 33.5 Å². The van der Waals surface area contributed by atoms with Gasteiger partial charge in [0.2, 0.25) is 0 Å². The van der Waals surface area contributed by atoms with Gasteiger partial charge in [0.05, 0.1) is 5.56 Å². The molecule has 4 nitrogen and oxygen atoms in total. The van der Waals surface area contributed by atoms with E-state index < -0.39 is 12.0 Å². The summed E-state index contributed by atoms with van der Waals surface area (Å²) in [6.07, 6.45) is 0.342. The van der Waals surface area contributed by atoms with Crippen molar-refractivity contribution < 1.29 is 14.6 Å². The number of aliphatic hydroxyl groups is 1. The Balaban J connectivity index is 2.11. The van der Waals surface area contributed by atoms with Crippen LogP contribution in [0, 0.1) is 0 Å². The number of ketones is 1. The third-order valence-electron chi connectivity index (χ3n) is 4.21. The second-order valence-electron chi connectivity index (χ2n) is 6.42. The molecule has 2 unspecified atom stereocenters. The molecule has 2 aromatic carbocycles. The van der Waals surface area contributed by atoms with Crippen molar-refractivity contribution in [2.24, 2.45) is 0 Å². The fourth-order valence-corrected chi connectivity index (χ4v) is 3.17. The van der Waals surface area contributed by atoms with E-state index in [0.717, 1.165) is 13.0 Å². The molecule has 0 amide bonds. The summed E-state index contributed by atoms with van der Waals surface area (Å²) >= 11 is 12.3. The molecule has 0 aromatic heterocycles. The smallest absolute Gasteiger partial charge is 0.173 e. The zero-order valence-electron chi connectivity index (χ0n) is 15.5. The van der Waals surface area contributed by atoms with Gasteiger partial charge < -0.3 is 15.2 Å². The van der Waals surface area contributed by atoms with Crippen molar-refractivity contribution in [1.82, 2.24) is 5.32 Å². The summed E-state index contributed by atoms with van der Waals surface area (Å²) in [5.41, 5.74) is 1.13. The molecule has 0 saturated heterocycles. The van der Waals surface area contributed by atoms with Crippen molar-refractivity contribution in [3.63, 3.8) is 0 Å². The predicted molar refractivity (Wildman–Crippen MR) is 110 cm³/mol. The Labute approximate surface area is 170 Å². The van der Waals surface area contributed by atoms with E-state index in [1.807, 2.05) is 0 Å². The Kier molecular flexibility index (Phi) is 8.58. The molecule has 0 aliphatic heterocycles. The van der Waals surface area contributed by atoms with Gasteiger partial charge in [-0.15, -0.1) is 0 Å². The molecule has 0 fully saturated rings. The minimum Gasteiger partial charge on any atom is -0.490 e. The fourth-order valence-electron chi connectivity index (χ4n) is 2.71. The van der Waals surface area contributed by atoms with Crippen LogP contribution in [0.15, 0.2) is 42.5 Å². The van der Waals surface area contributed by atoms with E-state index in [-0.39, 0.29) is 12.4 Å². The highest BCUT2D eigenvalue weighted by Crippen LogP contribution is 2.32. The van der Waals surface area contributed by atoms with Crippen LogP contribution in [0.4, 0.5) is 0 Å². The first-order chi connectivity index (χ1) is 12.9. The second kappa shape index (κ2) is 10.7. The molecule has 0 aliphatic rings. The first-order valence-electron chi connectivity index (χ1n) is 9.03.